The fraction of sp³-hybridized carbons (Fsp3) is 0.963. The van der Waals surface area contributed by atoms with E-state index in [1.807, 2.05) is 0 Å². The van der Waals surface area contributed by atoms with Crippen LogP contribution in [0.15, 0.2) is 11.6 Å². The molecule has 0 aromatic heterocycles. The molecule has 16 N–H and O–H groups in total. The van der Waals surface area contributed by atoms with Crippen molar-refractivity contribution in [2.45, 2.75) is 253 Å². The van der Waals surface area contributed by atoms with Gasteiger partial charge in [0.2, 0.25) is 0 Å². The number of ether oxygens (including phenoxy) is 8. The van der Waals surface area contributed by atoms with Gasteiger partial charge in [-0.2, -0.15) is 0 Å². The predicted molar refractivity (Wildman–Crippen MR) is 268 cm³/mol. The van der Waals surface area contributed by atoms with Gasteiger partial charge >= 0.3 is 0 Å². The van der Waals surface area contributed by atoms with E-state index in [1.165, 1.54) is 19.4 Å². The highest BCUT2D eigenvalue weighted by Crippen LogP contribution is 2.75. The van der Waals surface area contributed by atoms with Crippen molar-refractivity contribution in [2.24, 2.45) is 45.3 Å². The molecule has 4 saturated heterocycles. The molecule has 0 bridgehead atoms. The Bertz CT molecular complexity index is 2020. The van der Waals surface area contributed by atoms with Crippen LogP contribution in [0.1, 0.15) is 107 Å². The summed E-state index contributed by atoms with van der Waals surface area (Å²) < 4.78 is 47.6. The molecule has 3 saturated carbocycles. The van der Waals surface area contributed by atoms with E-state index in [2.05, 4.69) is 47.6 Å². The van der Waals surface area contributed by atoms with Crippen LogP contribution in [-0.2, 0) is 37.9 Å². The van der Waals surface area contributed by atoms with Gasteiger partial charge in [-0.15, -0.1) is 0 Å². The predicted octanol–water partition coefficient (Wildman–Crippen LogP) is -3.23. The molecule has 0 aromatic carbocycles. The highest BCUT2D eigenvalue weighted by atomic mass is 16.8. The van der Waals surface area contributed by atoms with E-state index in [0.717, 1.165) is 19.3 Å². The maximum absolute atomic E-state index is 12.7. The van der Waals surface area contributed by atoms with E-state index in [1.54, 1.807) is 0 Å². The van der Waals surface area contributed by atoms with Crippen LogP contribution in [0, 0.1) is 45.3 Å². The maximum atomic E-state index is 12.7. The standard InChI is InChI=1S/C54H92O24/c1-22(23-15-16-52(6)30-12-10-24-25(54(30,8)31(59)17-53(23,52)7)11-14-32(50(24,2)3)75-46-41(67)37(63)34(60)26(18-55)71-46)9-13-33(51(4,5)70)76-49-45(39(65)36(62)28(20-57)73-49)78-48-43(69)40(66)44(29(21-58)74-48)77-47-42(68)38(64)35(61)27(19-56)72-47/h10,22-23,25-49,55-70H,9,11-21H2,1-8H3/t22-,23?,25?,26-,27+,28-,29+,30?,31-,32+,33-,34-,35+,36-,37+,38-,39+,40+,41-,42+,43+,44+,45-,46+,47?,48-,49+,52+,53-,54+/m1/s1. The molecule has 4 heterocycles. The van der Waals surface area contributed by atoms with Crippen LogP contribution in [0.4, 0.5) is 0 Å². The van der Waals surface area contributed by atoms with Crippen molar-refractivity contribution in [1.29, 1.82) is 0 Å². The molecule has 7 fully saturated rings. The Morgan fingerprint density at radius 1 is 0.564 bits per heavy atom. The zero-order valence-electron chi connectivity index (χ0n) is 46.1. The van der Waals surface area contributed by atoms with Crippen LogP contribution in [-0.4, -0.2) is 255 Å². The molecule has 24 nitrogen and oxygen atoms in total. The second kappa shape index (κ2) is 23.7. The number of aliphatic hydroxyl groups is 16. The van der Waals surface area contributed by atoms with Crippen LogP contribution in [0.2, 0.25) is 0 Å². The van der Waals surface area contributed by atoms with Gasteiger partial charge in [-0.25, -0.2) is 0 Å². The van der Waals surface area contributed by atoms with Crippen molar-refractivity contribution >= 4 is 0 Å². The van der Waals surface area contributed by atoms with Gasteiger partial charge in [0.05, 0.1) is 50.3 Å². The monoisotopic (exact) mass is 1120 g/mol. The first-order chi connectivity index (χ1) is 36.5. The van der Waals surface area contributed by atoms with E-state index >= 15 is 0 Å². The normalized spacial score (nSPS) is 51.4. The Balaban J connectivity index is 0.951. The average Bonchev–Trinajstić information content (AvgIpc) is 3.68. The number of aliphatic hydroxyl groups excluding tert-OH is 15. The number of fused-ring (bicyclic) bond motifs is 5. The molecule has 8 rings (SSSR count). The van der Waals surface area contributed by atoms with Crippen LogP contribution in [0.25, 0.3) is 0 Å². The SMILES string of the molecule is C[C@H](CC[C@@H](O[C@@H]1O[C@H](CO)[C@@H](O)[C@H](O)[C@H]1O[C@H]1O[C@@H](CO)[C@H](OC2O[C@@H](CO)[C@H](O)[C@@H](O)[C@@H]2O)[C@@H](O)[C@@H]1O)C(C)(C)O)C1CC[C@@]2(C)C3CC=C4C(CC[C@H](O[C@@H]5O[C@H](CO)[C@@H](O)[C@H](O)[C@H]5O)C4(C)C)[C@]3(C)[C@H](O)C[C@]12C. The van der Waals surface area contributed by atoms with E-state index in [0.29, 0.717) is 25.7 Å². The van der Waals surface area contributed by atoms with Crippen molar-refractivity contribution in [3.8, 4) is 0 Å². The van der Waals surface area contributed by atoms with Gasteiger partial charge in [-0.3, -0.25) is 0 Å². The summed E-state index contributed by atoms with van der Waals surface area (Å²) in [6.45, 7) is 13.3. The van der Waals surface area contributed by atoms with E-state index in [9.17, 15) is 81.7 Å². The largest absolute Gasteiger partial charge is 0.394 e. The van der Waals surface area contributed by atoms with Crippen LogP contribution >= 0.6 is 0 Å². The molecule has 30 atom stereocenters. The first-order valence-electron chi connectivity index (χ1n) is 28.0. The van der Waals surface area contributed by atoms with Gasteiger partial charge in [-0.05, 0) is 99.7 Å². The molecule has 24 heteroatoms. The Kier molecular flexibility index (Phi) is 19.1. The van der Waals surface area contributed by atoms with Crippen LogP contribution in [0.5, 0.6) is 0 Å². The van der Waals surface area contributed by atoms with Gasteiger partial charge in [-0.1, -0.05) is 53.2 Å². The molecule has 78 heavy (non-hydrogen) atoms. The zero-order chi connectivity index (χ0) is 57.5. The molecule has 452 valence electrons. The fourth-order valence-corrected chi connectivity index (χ4v) is 15.7. The lowest BCUT2D eigenvalue weighted by atomic mass is 9.38. The van der Waals surface area contributed by atoms with Crippen molar-refractivity contribution in [1.82, 2.24) is 0 Å². The molecular formula is C54H92O24. The molecular weight excluding hydrogens is 1030 g/mol. The Morgan fingerprint density at radius 2 is 1.04 bits per heavy atom. The second-order valence-corrected chi connectivity index (χ2v) is 25.8. The van der Waals surface area contributed by atoms with Crippen LogP contribution in [0.3, 0.4) is 0 Å². The second-order valence-electron chi connectivity index (χ2n) is 25.8. The molecule has 8 aliphatic rings. The van der Waals surface area contributed by atoms with Gasteiger partial charge in [0.1, 0.15) is 97.7 Å². The van der Waals surface area contributed by atoms with Gasteiger partial charge in [0, 0.05) is 10.8 Å². The third-order valence-corrected chi connectivity index (χ3v) is 20.8. The first kappa shape index (κ1) is 62.8. The molecule has 0 radical (unpaired) electrons. The highest BCUT2D eigenvalue weighted by molar-refractivity contribution is 5.32. The molecule has 4 aliphatic carbocycles. The molecule has 4 aliphatic heterocycles. The van der Waals surface area contributed by atoms with E-state index in [-0.39, 0.29) is 40.9 Å². The van der Waals surface area contributed by atoms with Gasteiger partial charge < -0.3 is 120 Å². The zero-order valence-corrected chi connectivity index (χ0v) is 46.1. The summed E-state index contributed by atoms with van der Waals surface area (Å²) >= 11 is 0. The Labute approximate surface area is 455 Å². The van der Waals surface area contributed by atoms with Crippen molar-refractivity contribution in [3.63, 3.8) is 0 Å². The van der Waals surface area contributed by atoms with E-state index in [4.69, 9.17) is 37.9 Å². The smallest absolute Gasteiger partial charge is 0.187 e. The van der Waals surface area contributed by atoms with Gasteiger partial charge in [0.25, 0.3) is 0 Å². The third kappa shape index (κ3) is 10.8. The number of rotatable bonds is 17. The summed E-state index contributed by atoms with van der Waals surface area (Å²) in [7, 11) is 0. The fourth-order valence-electron chi connectivity index (χ4n) is 15.7. The minimum Gasteiger partial charge on any atom is -0.394 e. The molecule has 4 unspecified atom stereocenters. The lowest BCUT2D eigenvalue weighted by Crippen LogP contribution is -2.67. The van der Waals surface area contributed by atoms with Crippen molar-refractivity contribution in [3.05, 3.63) is 11.6 Å². The maximum Gasteiger partial charge on any atom is 0.187 e. The highest BCUT2D eigenvalue weighted by Gasteiger charge is 2.70. The van der Waals surface area contributed by atoms with Crippen molar-refractivity contribution in [2.75, 3.05) is 26.4 Å². The quantitative estimate of drug-likeness (QED) is 0.0637. The minimum atomic E-state index is -2.02. The average molecular weight is 1130 g/mol. The summed E-state index contributed by atoms with van der Waals surface area (Å²) in [5.41, 5.74) is -1.97. The Morgan fingerprint density at radius 3 is 1.58 bits per heavy atom. The topological polar surface area (TPSA) is 398 Å². The minimum absolute atomic E-state index is 0.0171. The lowest BCUT2D eigenvalue weighted by molar-refractivity contribution is -0.389. The summed E-state index contributed by atoms with van der Waals surface area (Å²) in [6.07, 6.45) is -27.8. The summed E-state index contributed by atoms with van der Waals surface area (Å²) in [6, 6.07) is 0. The molecule has 0 spiro atoms. The van der Waals surface area contributed by atoms with E-state index < -0.39 is 184 Å². The number of hydrogen-bond donors (Lipinski definition) is 16. The summed E-state index contributed by atoms with van der Waals surface area (Å²) in [4.78, 5) is 0. The first-order valence-corrected chi connectivity index (χ1v) is 28.0. The van der Waals surface area contributed by atoms with Crippen molar-refractivity contribution < 1.29 is 120 Å². The number of hydrogen-bond acceptors (Lipinski definition) is 24. The molecule has 0 amide bonds. The van der Waals surface area contributed by atoms with Gasteiger partial charge in [0.15, 0.2) is 25.2 Å². The number of allylic oxidation sites excluding steroid dienone is 1. The van der Waals surface area contributed by atoms with Crippen LogP contribution < -0.4 is 0 Å². The summed E-state index contributed by atoms with van der Waals surface area (Å²) in [5.74, 6) is 0.293. The molecule has 0 aromatic rings. The lowest BCUT2D eigenvalue weighted by Gasteiger charge is -2.67. The Hall–Kier alpha value is -1.22. The third-order valence-electron chi connectivity index (χ3n) is 20.8. The summed E-state index contributed by atoms with van der Waals surface area (Å²) in [5, 5.41) is 172.